The van der Waals surface area contributed by atoms with Gasteiger partial charge in [-0.15, -0.1) is 0 Å². The fourth-order valence-electron chi connectivity index (χ4n) is 1.99. The van der Waals surface area contributed by atoms with Crippen molar-refractivity contribution in [1.82, 2.24) is 0 Å². The molecule has 0 aliphatic rings. The first-order chi connectivity index (χ1) is 10.6. The van der Waals surface area contributed by atoms with Gasteiger partial charge in [0.15, 0.2) is 5.76 Å². The average molecular weight is 299 g/mol. The molecule has 3 rings (SSSR count). The maximum Gasteiger partial charge on any atom is 0.291 e. The second-order valence-electron chi connectivity index (χ2n) is 4.64. The molecule has 0 atom stereocenters. The smallest absolute Gasteiger partial charge is 0.291 e. The van der Waals surface area contributed by atoms with E-state index in [2.05, 4.69) is 5.32 Å². The molecule has 0 aliphatic heterocycles. The van der Waals surface area contributed by atoms with Crippen LogP contribution >= 0.6 is 0 Å². The predicted molar refractivity (Wildman–Crippen MR) is 78.5 cm³/mol. The molecule has 0 saturated heterocycles. The number of carbonyl (C=O) groups is 1. The highest BCUT2D eigenvalue weighted by molar-refractivity contribution is 6.02. The monoisotopic (exact) mass is 299 g/mol. The van der Waals surface area contributed by atoms with Crippen LogP contribution in [0.1, 0.15) is 10.6 Å². The first-order valence-corrected chi connectivity index (χ1v) is 6.54. The van der Waals surface area contributed by atoms with Crippen molar-refractivity contribution in [3.8, 4) is 11.3 Å². The number of carbonyl (C=O) groups excluding carboxylic acids is 1. The van der Waals surface area contributed by atoms with Gasteiger partial charge in [0.1, 0.15) is 17.4 Å². The van der Waals surface area contributed by atoms with Gasteiger partial charge in [0.2, 0.25) is 0 Å². The molecule has 1 N–H and O–H groups in total. The van der Waals surface area contributed by atoms with Crippen molar-refractivity contribution in [1.29, 1.82) is 0 Å². The van der Waals surface area contributed by atoms with Gasteiger partial charge >= 0.3 is 0 Å². The van der Waals surface area contributed by atoms with Crippen LogP contribution in [0.25, 0.3) is 11.3 Å². The maximum absolute atomic E-state index is 13.1. The van der Waals surface area contributed by atoms with Crippen LogP contribution in [0.2, 0.25) is 0 Å². The quantitative estimate of drug-likeness (QED) is 0.775. The zero-order chi connectivity index (χ0) is 15.5. The van der Waals surface area contributed by atoms with Crippen LogP contribution in [0.3, 0.4) is 0 Å². The highest BCUT2D eigenvalue weighted by Crippen LogP contribution is 2.23. The Kier molecular flexibility index (Phi) is 3.70. The third kappa shape index (κ3) is 3.03. The second-order valence-corrected chi connectivity index (χ2v) is 4.64. The molecule has 0 radical (unpaired) electrons. The number of anilines is 1. The number of hydrogen-bond donors (Lipinski definition) is 1. The Morgan fingerprint density at radius 3 is 2.41 bits per heavy atom. The third-order valence-electron chi connectivity index (χ3n) is 3.04. The van der Waals surface area contributed by atoms with Gasteiger partial charge in [-0.2, -0.15) is 0 Å². The van der Waals surface area contributed by atoms with Crippen molar-refractivity contribution < 1.29 is 18.0 Å². The lowest BCUT2D eigenvalue weighted by Crippen LogP contribution is -2.10. The van der Waals surface area contributed by atoms with Crippen molar-refractivity contribution in [3.63, 3.8) is 0 Å². The average Bonchev–Trinajstić information content (AvgIpc) is 2.98. The highest BCUT2D eigenvalue weighted by atomic mass is 19.1. The summed E-state index contributed by atoms with van der Waals surface area (Å²) >= 11 is 0. The van der Waals surface area contributed by atoms with Gasteiger partial charge in [0, 0.05) is 11.3 Å². The first kappa shape index (κ1) is 14.0. The molecule has 0 fully saturated rings. The normalized spacial score (nSPS) is 10.5. The Bertz CT molecular complexity index is 810. The van der Waals surface area contributed by atoms with E-state index in [1.165, 1.54) is 36.4 Å². The van der Waals surface area contributed by atoms with Crippen LogP contribution in [0.4, 0.5) is 14.5 Å². The van der Waals surface area contributed by atoms with Gasteiger partial charge in [-0.3, -0.25) is 4.79 Å². The lowest BCUT2D eigenvalue weighted by Gasteiger charge is -2.03. The van der Waals surface area contributed by atoms with Gasteiger partial charge in [-0.25, -0.2) is 8.78 Å². The van der Waals surface area contributed by atoms with Crippen molar-refractivity contribution in [3.05, 3.63) is 78.1 Å². The van der Waals surface area contributed by atoms with E-state index in [9.17, 15) is 13.6 Å². The number of nitrogens with one attached hydrogen (secondary N) is 1. The largest absolute Gasteiger partial charge is 0.451 e. The molecule has 5 heteroatoms. The summed E-state index contributed by atoms with van der Waals surface area (Å²) in [7, 11) is 0. The first-order valence-electron chi connectivity index (χ1n) is 6.54. The van der Waals surface area contributed by atoms with Crippen LogP contribution in [0.15, 0.2) is 65.1 Å². The molecule has 3 nitrogen and oxygen atoms in total. The zero-order valence-corrected chi connectivity index (χ0v) is 11.3. The van der Waals surface area contributed by atoms with Crippen LogP contribution in [0, 0.1) is 11.6 Å². The molecule has 22 heavy (non-hydrogen) atoms. The number of rotatable bonds is 3. The summed E-state index contributed by atoms with van der Waals surface area (Å²) in [5.74, 6) is -0.740. The summed E-state index contributed by atoms with van der Waals surface area (Å²) in [4.78, 5) is 12.0. The number of benzene rings is 2. The summed E-state index contributed by atoms with van der Waals surface area (Å²) in [5, 5.41) is 2.54. The summed E-state index contributed by atoms with van der Waals surface area (Å²) in [6, 6.07) is 14.4. The number of hydrogen-bond acceptors (Lipinski definition) is 2. The number of halogens is 2. The van der Waals surface area contributed by atoms with Gasteiger partial charge in [-0.05, 0) is 54.6 Å². The van der Waals surface area contributed by atoms with Crippen LogP contribution in [-0.2, 0) is 0 Å². The minimum atomic E-state index is -0.487. The molecule has 0 spiro atoms. The van der Waals surface area contributed by atoms with E-state index < -0.39 is 11.7 Å². The zero-order valence-electron chi connectivity index (χ0n) is 11.3. The topological polar surface area (TPSA) is 42.2 Å². The lowest BCUT2D eigenvalue weighted by molar-refractivity contribution is 0.0997. The van der Waals surface area contributed by atoms with E-state index in [1.807, 2.05) is 0 Å². The molecule has 1 heterocycles. The molecule has 1 amide bonds. The van der Waals surface area contributed by atoms with Gasteiger partial charge in [0.25, 0.3) is 5.91 Å². The molecular weight excluding hydrogens is 288 g/mol. The second kappa shape index (κ2) is 5.81. The summed E-state index contributed by atoms with van der Waals surface area (Å²) < 4.78 is 31.4. The summed E-state index contributed by atoms with van der Waals surface area (Å²) in [5.41, 5.74) is 0.996. The minimum absolute atomic E-state index is 0.0867. The van der Waals surface area contributed by atoms with Gasteiger partial charge in [0.05, 0.1) is 0 Å². The standard InChI is InChI=1S/C17H11F2NO2/c18-12-6-4-11(5-7-12)15-8-9-16(22-15)17(21)20-14-3-1-2-13(19)10-14/h1-10H,(H,20,21). The van der Waals surface area contributed by atoms with E-state index >= 15 is 0 Å². The van der Waals surface area contributed by atoms with Crippen LogP contribution in [-0.4, -0.2) is 5.91 Å². The molecule has 110 valence electrons. The molecule has 0 unspecified atom stereocenters. The Balaban J connectivity index is 1.78. The van der Waals surface area contributed by atoms with Crippen molar-refractivity contribution in [2.24, 2.45) is 0 Å². The van der Waals surface area contributed by atoms with E-state index in [4.69, 9.17) is 4.42 Å². The van der Waals surface area contributed by atoms with E-state index in [1.54, 1.807) is 24.3 Å². The number of amides is 1. The Morgan fingerprint density at radius 1 is 0.909 bits per heavy atom. The molecular formula is C17H11F2NO2. The van der Waals surface area contributed by atoms with E-state index in [0.29, 0.717) is 17.0 Å². The van der Waals surface area contributed by atoms with Crippen molar-refractivity contribution in [2.45, 2.75) is 0 Å². The Labute approximate surface area is 125 Å². The van der Waals surface area contributed by atoms with E-state index in [-0.39, 0.29) is 11.6 Å². The van der Waals surface area contributed by atoms with Crippen molar-refractivity contribution >= 4 is 11.6 Å². The minimum Gasteiger partial charge on any atom is -0.451 e. The summed E-state index contributed by atoms with van der Waals surface area (Å²) in [6.07, 6.45) is 0. The number of furan rings is 1. The lowest BCUT2D eigenvalue weighted by atomic mass is 10.2. The Morgan fingerprint density at radius 2 is 1.68 bits per heavy atom. The fraction of sp³-hybridized carbons (Fsp3) is 0. The summed E-state index contributed by atoms with van der Waals surface area (Å²) in [6.45, 7) is 0. The fourth-order valence-corrected chi connectivity index (χ4v) is 1.99. The predicted octanol–water partition coefficient (Wildman–Crippen LogP) is 4.48. The third-order valence-corrected chi connectivity index (χ3v) is 3.04. The molecule has 0 aliphatic carbocycles. The Hall–Kier alpha value is -2.95. The van der Waals surface area contributed by atoms with Crippen LogP contribution in [0.5, 0.6) is 0 Å². The van der Waals surface area contributed by atoms with Crippen molar-refractivity contribution in [2.75, 3.05) is 5.32 Å². The highest BCUT2D eigenvalue weighted by Gasteiger charge is 2.12. The molecule has 0 saturated carbocycles. The maximum atomic E-state index is 13.1. The molecule has 2 aromatic carbocycles. The molecule has 0 bridgehead atoms. The van der Waals surface area contributed by atoms with E-state index in [0.717, 1.165) is 0 Å². The van der Waals surface area contributed by atoms with Crippen LogP contribution < -0.4 is 5.32 Å². The van der Waals surface area contributed by atoms with Gasteiger partial charge < -0.3 is 9.73 Å². The molecule has 1 aromatic heterocycles. The SMILES string of the molecule is O=C(Nc1cccc(F)c1)c1ccc(-c2ccc(F)cc2)o1. The molecule has 3 aromatic rings. The van der Waals surface area contributed by atoms with Gasteiger partial charge in [-0.1, -0.05) is 6.07 Å².